The molecule has 0 N–H and O–H groups in total. The van der Waals surface area contributed by atoms with Crippen molar-refractivity contribution in [2.24, 2.45) is 0 Å². The highest BCUT2D eigenvalue weighted by atomic mass is 16.5. The first-order valence-electron chi connectivity index (χ1n) is 7.13. The van der Waals surface area contributed by atoms with E-state index in [0.717, 1.165) is 11.1 Å². The number of esters is 1. The molecule has 4 heteroatoms. The molecule has 1 aromatic heterocycles. The van der Waals surface area contributed by atoms with Crippen LogP contribution in [0.15, 0.2) is 71.1 Å². The molecule has 0 aliphatic carbocycles. The van der Waals surface area contributed by atoms with Crippen molar-refractivity contribution in [2.75, 3.05) is 0 Å². The molecule has 3 rings (SSSR count). The zero-order valence-electron chi connectivity index (χ0n) is 12.3. The minimum absolute atomic E-state index is 0.238. The van der Waals surface area contributed by atoms with Crippen LogP contribution in [-0.2, 0) is 11.3 Å². The number of rotatable bonds is 5. The molecule has 2 aromatic carbocycles. The van der Waals surface area contributed by atoms with E-state index in [1.165, 1.54) is 0 Å². The van der Waals surface area contributed by atoms with Gasteiger partial charge in [0, 0.05) is 5.56 Å². The van der Waals surface area contributed by atoms with E-state index >= 15 is 0 Å². The molecule has 3 aromatic rings. The van der Waals surface area contributed by atoms with E-state index in [1.54, 1.807) is 36.4 Å². The summed E-state index contributed by atoms with van der Waals surface area (Å²) in [6.45, 7) is 0.238. The van der Waals surface area contributed by atoms with Gasteiger partial charge in [-0.1, -0.05) is 42.5 Å². The lowest BCUT2D eigenvalue weighted by Gasteiger charge is -2.05. The Morgan fingerprint density at radius 1 is 0.957 bits per heavy atom. The topological polar surface area (TPSA) is 56.5 Å². The third-order valence-electron chi connectivity index (χ3n) is 3.36. The smallest absolute Gasteiger partial charge is 0.338 e. The largest absolute Gasteiger partial charge is 0.457 e. The van der Waals surface area contributed by atoms with Gasteiger partial charge in [-0.3, -0.25) is 4.79 Å². The van der Waals surface area contributed by atoms with Gasteiger partial charge in [-0.05, 0) is 29.8 Å². The summed E-state index contributed by atoms with van der Waals surface area (Å²) in [5.41, 5.74) is 2.19. The van der Waals surface area contributed by atoms with E-state index < -0.39 is 0 Å². The summed E-state index contributed by atoms with van der Waals surface area (Å²) in [5, 5.41) is 0. The zero-order valence-corrected chi connectivity index (χ0v) is 12.3. The standard InChI is InChI=1S/C19H14O4/c20-12-17-10-11-18(23-17)15-6-8-16(9-7-15)19(21)22-13-14-4-2-1-3-5-14/h1-12H,13H2. The quantitative estimate of drug-likeness (QED) is 0.525. The Labute approximate surface area is 133 Å². The number of hydrogen-bond donors (Lipinski definition) is 0. The molecule has 0 aliphatic rings. The van der Waals surface area contributed by atoms with Gasteiger partial charge in [0.05, 0.1) is 5.56 Å². The number of hydrogen-bond acceptors (Lipinski definition) is 4. The van der Waals surface area contributed by atoms with Gasteiger partial charge in [-0.25, -0.2) is 4.79 Å². The minimum atomic E-state index is -0.381. The molecule has 0 aliphatic heterocycles. The summed E-state index contributed by atoms with van der Waals surface area (Å²) in [4.78, 5) is 22.7. The van der Waals surface area contributed by atoms with Crippen LogP contribution in [0, 0.1) is 0 Å². The maximum Gasteiger partial charge on any atom is 0.338 e. The van der Waals surface area contributed by atoms with Crippen LogP contribution in [0.3, 0.4) is 0 Å². The highest BCUT2D eigenvalue weighted by molar-refractivity contribution is 5.90. The van der Waals surface area contributed by atoms with Crippen molar-refractivity contribution in [1.82, 2.24) is 0 Å². The van der Waals surface area contributed by atoms with Gasteiger partial charge in [0.2, 0.25) is 0 Å². The zero-order chi connectivity index (χ0) is 16.1. The molecule has 4 nitrogen and oxygen atoms in total. The lowest BCUT2D eigenvalue weighted by molar-refractivity contribution is 0.0472. The van der Waals surface area contributed by atoms with Crippen LogP contribution in [0.25, 0.3) is 11.3 Å². The molecule has 0 radical (unpaired) electrons. The Hall–Kier alpha value is -3.14. The fraction of sp³-hybridized carbons (Fsp3) is 0.0526. The van der Waals surface area contributed by atoms with Gasteiger partial charge in [-0.2, -0.15) is 0 Å². The third-order valence-corrected chi connectivity index (χ3v) is 3.36. The molecule has 0 unspecified atom stereocenters. The van der Waals surface area contributed by atoms with Crippen molar-refractivity contribution in [3.8, 4) is 11.3 Å². The lowest BCUT2D eigenvalue weighted by Crippen LogP contribution is -2.04. The summed E-state index contributed by atoms with van der Waals surface area (Å²) in [5.74, 6) is 0.469. The predicted molar refractivity (Wildman–Crippen MR) is 85.1 cm³/mol. The van der Waals surface area contributed by atoms with Gasteiger partial charge in [-0.15, -0.1) is 0 Å². The van der Waals surface area contributed by atoms with E-state index in [1.807, 2.05) is 30.3 Å². The van der Waals surface area contributed by atoms with E-state index in [2.05, 4.69) is 0 Å². The first kappa shape index (κ1) is 14.8. The monoisotopic (exact) mass is 306 g/mol. The summed E-state index contributed by atoms with van der Waals surface area (Å²) in [7, 11) is 0. The van der Waals surface area contributed by atoms with Gasteiger partial charge in [0.25, 0.3) is 0 Å². The van der Waals surface area contributed by atoms with Gasteiger partial charge < -0.3 is 9.15 Å². The van der Waals surface area contributed by atoms with Crippen LogP contribution in [0.1, 0.15) is 26.5 Å². The minimum Gasteiger partial charge on any atom is -0.457 e. The average Bonchev–Trinajstić information content (AvgIpc) is 3.10. The van der Waals surface area contributed by atoms with Gasteiger partial charge >= 0.3 is 5.97 Å². The van der Waals surface area contributed by atoms with Crippen LogP contribution >= 0.6 is 0 Å². The summed E-state index contributed by atoms with van der Waals surface area (Å²) < 4.78 is 10.6. The van der Waals surface area contributed by atoms with E-state index in [9.17, 15) is 9.59 Å². The van der Waals surface area contributed by atoms with Crippen molar-refractivity contribution in [3.05, 3.63) is 83.6 Å². The Balaban J connectivity index is 1.66. The van der Waals surface area contributed by atoms with Crippen molar-refractivity contribution in [1.29, 1.82) is 0 Å². The summed E-state index contributed by atoms with van der Waals surface area (Å²) >= 11 is 0. The summed E-state index contributed by atoms with van der Waals surface area (Å²) in [6, 6.07) is 19.7. The normalized spacial score (nSPS) is 10.3. The highest BCUT2D eigenvalue weighted by Crippen LogP contribution is 2.22. The first-order valence-corrected chi connectivity index (χ1v) is 7.13. The lowest BCUT2D eigenvalue weighted by atomic mass is 10.1. The van der Waals surface area contributed by atoms with Crippen molar-refractivity contribution in [2.45, 2.75) is 6.61 Å². The molecule has 0 saturated heterocycles. The molecule has 0 fully saturated rings. The molecule has 23 heavy (non-hydrogen) atoms. The molecule has 1 heterocycles. The molecule has 0 atom stereocenters. The maximum absolute atomic E-state index is 12.0. The van der Waals surface area contributed by atoms with E-state index in [0.29, 0.717) is 17.6 Å². The molecule has 0 amide bonds. The number of furan rings is 1. The molecular formula is C19H14O4. The van der Waals surface area contributed by atoms with Gasteiger partial charge in [0.1, 0.15) is 12.4 Å². The van der Waals surface area contributed by atoms with Crippen LogP contribution in [0.2, 0.25) is 0 Å². The fourth-order valence-electron chi connectivity index (χ4n) is 2.15. The Bertz CT molecular complexity index is 801. The number of ether oxygens (including phenoxy) is 1. The Morgan fingerprint density at radius 2 is 1.70 bits per heavy atom. The Morgan fingerprint density at radius 3 is 2.35 bits per heavy atom. The van der Waals surface area contributed by atoms with Gasteiger partial charge in [0.15, 0.2) is 12.0 Å². The number of carbonyl (C=O) groups excluding carboxylic acids is 2. The van der Waals surface area contributed by atoms with Crippen LogP contribution in [-0.4, -0.2) is 12.3 Å². The summed E-state index contributed by atoms with van der Waals surface area (Å²) in [6.07, 6.45) is 0.652. The van der Waals surface area contributed by atoms with E-state index in [-0.39, 0.29) is 18.3 Å². The van der Waals surface area contributed by atoms with Crippen molar-refractivity contribution < 1.29 is 18.7 Å². The third kappa shape index (κ3) is 3.55. The fourth-order valence-corrected chi connectivity index (χ4v) is 2.15. The van der Waals surface area contributed by atoms with Crippen molar-refractivity contribution >= 4 is 12.3 Å². The molecule has 0 bridgehead atoms. The van der Waals surface area contributed by atoms with E-state index in [4.69, 9.17) is 9.15 Å². The molecule has 0 spiro atoms. The van der Waals surface area contributed by atoms with Crippen LogP contribution in [0.5, 0.6) is 0 Å². The van der Waals surface area contributed by atoms with Crippen LogP contribution < -0.4 is 0 Å². The molecule has 0 saturated carbocycles. The second kappa shape index (κ2) is 6.75. The average molecular weight is 306 g/mol. The number of benzene rings is 2. The second-order valence-corrected chi connectivity index (χ2v) is 4.96. The molecule has 114 valence electrons. The highest BCUT2D eigenvalue weighted by Gasteiger charge is 2.09. The number of carbonyl (C=O) groups is 2. The van der Waals surface area contributed by atoms with Crippen molar-refractivity contribution in [3.63, 3.8) is 0 Å². The second-order valence-electron chi connectivity index (χ2n) is 4.96. The maximum atomic E-state index is 12.0. The number of aldehydes is 1. The first-order chi connectivity index (χ1) is 11.3. The Kier molecular flexibility index (Phi) is 4.34. The van der Waals surface area contributed by atoms with Crippen LogP contribution in [0.4, 0.5) is 0 Å². The predicted octanol–water partition coefficient (Wildman–Crippen LogP) is 4.12. The SMILES string of the molecule is O=Cc1ccc(-c2ccc(C(=O)OCc3ccccc3)cc2)o1. The molecular weight excluding hydrogens is 292 g/mol.